The van der Waals surface area contributed by atoms with Gasteiger partial charge in [0.2, 0.25) is 0 Å². The van der Waals surface area contributed by atoms with Crippen LogP contribution in [-0.4, -0.2) is 17.2 Å². The number of hydrogen-bond donors (Lipinski definition) is 0. The van der Waals surface area contributed by atoms with Crippen molar-refractivity contribution in [3.05, 3.63) is 544 Å². The van der Waals surface area contributed by atoms with Crippen LogP contribution in [0.2, 0.25) is 0 Å². The summed E-state index contributed by atoms with van der Waals surface area (Å²) in [6.45, 7) is 0. The van der Waals surface area contributed by atoms with Crippen LogP contribution in [0.5, 0.6) is 0 Å². The van der Waals surface area contributed by atoms with Crippen LogP contribution in [0.15, 0.2) is 522 Å². The Balaban J connectivity index is 0.000000110. The molecular weight excluding hydrogens is 1560 g/mol. The quantitative estimate of drug-likeness (QED) is 0.0619. The molecule has 0 atom stereocenters. The van der Waals surface area contributed by atoms with Gasteiger partial charge >= 0.3 is 0 Å². The van der Waals surface area contributed by atoms with Crippen molar-refractivity contribution in [1.29, 1.82) is 0 Å². The molecule has 0 amide bonds. The second kappa shape index (κ2) is 32.7. The molecule has 25 rings (SSSR count). The number of benzene rings is 22. The van der Waals surface area contributed by atoms with Crippen LogP contribution in [0.3, 0.4) is 0 Å². The number of fused-ring (bicyclic) bond motifs is 13. The summed E-state index contributed by atoms with van der Waals surface area (Å²) in [5.74, 6) is 0. The van der Waals surface area contributed by atoms with Gasteiger partial charge < -0.3 is 9.13 Å². The van der Waals surface area contributed by atoms with Crippen molar-refractivity contribution in [3.8, 4) is 78.1 Å². The van der Waals surface area contributed by atoms with E-state index in [1.54, 1.807) is 0 Å². The van der Waals surface area contributed by atoms with Crippen LogP contribution in [-0.2, 0) is 5.41 Å². The second-order valence-electron chi connectivity index (χ2n) is 33.5. The smallest absolute Gasteiger partial charge is 0.179 e. The molecule has 22 aromatic carbocycles. The number of rotatable bonds is 13. The maximum Gasteiger partial charge on any atom is 0.179 e. The molecule has 0 radical (unpaired) electrons. The molecule has 0 bridgehead atoms. The third-order valence-electron chi connectivity index (χ3n) is 26.7. The molecule has 1 aliphatic carbocycles. The second-order valence-corrected chi connectivity index (χ2v) is 37.3. The van der Waals surface area contributed by atoms with E-state index in [-0.39, 0.29) is 0 Å². The van der Waals surface area contributed by atoms with Gasteiger partial charge in [-0.15, -0.1) is 0 Å². The highest BCUT2D eigenvalue weighted by atomic mass is 28.3. The summed E-state index contributed by atoms with van der Waals surface area (Å²) >= 11 is 0. The maximum atomic E-state index is 2.43. The van der Waals surface area contributed by atoms with E-state index in [9.17, 15) is 0 Å². The molecule has 3 heteroatoms. The number of hydrogen-bond acceptors (Lipinski definition) is 0. The molecule has 2 aromatic heterocycles. The Kier molecular flexibility index (Phi) is 19.6. The van der Waals surface area contributed by atoms with Gasteiger partial charge in [-0.05, 0) is 207 Å². The van der Waals surface area contributed by atoms with Crippen molar-refractivity contribution in [3.63, 3.8) is 0 Å². The molecule has 24 aromatic rings. The molecule has 2 heterocycles. The van der Waals surface area contributed by atoms with Gasteiger partial charge in [0.25, 0.3) is 0 Å². The van der Waals surface area contributed by atoms with Crippen molar-refractivity contribution < 1.29 is 0 Å². The fraction of sp³-hybridized carbons (Fsp3) is 0.00800. The van der Waals surface area contributed by atoms with Gasteiger partial charge in [-0.25, -0.2) is 0 Å². The predicted octanol–water partition coefficient (Wildman–Crippen LogP) is 29.9. The predicted molar refractivity (Wildman–Crippen MR) is 546 cm³/mol. The van der Waals surface area contributed by atoms with E-state index in [4.69, 9.17) is 0 Å². The van der Waals surface area contributed by atoms with Crippen LogP contribution in [0, 0.1) is 0 Å². The molecule has 0 aliphatic heterocycles. The van der Waals surface area contributed by atoms with E-state index in [0.29, 0.717) is 0 Å². The van der Waals surface area contributed by atoms with Gasteiger partial charge in [0.05, 0.1) is 27.5 Å². The zero-order valence-electron chi connectivity index (χ0n) is 70.5. The molecule has 600 valence electrons. The van der Waals surface area contributed by atoms with Crippen molar-refractivity contribution in [2.75, 3.05) is 0 Å². The lowest BCUT2D eigenvalue weighted by atomic mass is 9.68. The first-order valence-corrected chi connectivity index (χ1v) is 46.4. The lowest BCUT2D eigenvalue weighted by Crippen LogP contribution is -2.74. The highest BCUT2D eigenvalue weighted by molar-refractivity contribution is 7.19. The summed E-state index contributed by atoms with van der Waals surface area (Å²) in [6.07, 6.45) is 0. The van der Waals surface area contributed by atoms with Gasteiger partial charge in [-0.3, -0.25) is 0 Å². The van der Waals surface area contributed by atoms with Crippen LogP contribution < -0.4 is 20.7 Å². The van der Waals surface area contributed by atoms with E-state index in [1.165, 1.54) is 208 Å². The zero-order valence-corrected chi connectivity index (χ0v) is 71.5. The molecule has 0 saturated heterocycles. The minimum Gasteiger partial charge on any atom is -0.309 e. The average Bonchev–Trinajstić information content (AvgIpc) is 1.49. The monoisotopic (exact) mass is 1640 g/mol. The van der Waals surface area contributed by atoms with Gasteiger partial charge in [0.15, 0.2) is 8.07 Å². The highest BCUT2D eigenvalue weighted by Gasteiger charge is 2.47. The Labute approximate surface area is 746 Å². The van der Waals surface area contributed by atoms with Crippen molar-refractivity contribution >= 4 is 116 Å². The molecule has 0 saturated carbocycles. The normalized spacial score (nSPS) is 12.1. The molecule has 0 unspecified atom stereocenters. The van der Waals surface area contributed by atoms with Gasteiger partial charge in [-0.1, -0.05) is 467 Å². The Morgan fingerprint density at radius 1 is 0.156 bits per heavy atom. The molecule has 2 nitrogen and oxygen atoms in total. The Bertz CT molecular complexity index is 7840. The summed E-state index contributed by atoms with van der Waals surface area (Å²) in [6, 6.07) is 191. The molecule has 0 N–H and O–H groups in total. The van der Waals surface area contributed by atoms with Gasteiger partial charge in [0.1, 0.15) is 0 Å². The summed E-state index contributed by atoms with van der Waals surface area (Å²) in [5.41, 5.74) is 27.3. The third-order valence-corrected chi connectivity index (χ3v) is 31.5. The maximum absolute atomic E-state index is 2.61. The number of nitrogens with zero attached hydrogens (tertiary/aromatic N) is 2. The SMILES string of the molecule is c1ccc(-c2c3ccccc3c(-c3ccc(-c4ccc5c(c4)c4ccccc4n5-c4ccccc4)cc3)c3ccccc23)cc1.c1ccc(-c2c3ccccc3c(-c3ccc(-n4c5ccccc5c5ccccc54)cc3)c3ccccc23)cc1.c1ccc(C2(c3ccc([Si](c4ccccc4)(c4ccccc4)c4ccccc4)cc3)c3ccccc3-c3ccccc32)cc1. The number of aromatic nitrogens is 2. The first-order valence-electron chi connectivity index (χ1n) is 44.4. The fourth-order valence-corrected chi connectivity index (χ4v) is 26.0. The summed E-state index contributed by atoms with van der Waals surface area (Å²) < 4.78 is 4.75. The Morgan fingerprint density at radius 2 is 0.406 bits per heavy atom. The van der Waals surface area contributed by atoms with E-state index >= 15 is 0 Å². The van der Waals surface area contributed by atoms with Crippen LogP contribution >= 0.6 is 0 Å². The van der Waals surface area contributed by atoms with Crippen LogP contribution in [0.25, 0.3) is 165 Å². The largest absolute Gasteiger partial charge is 0.309 e. The molecular formula is C125H86N2Si. The Morgan fingerprint density at radius 3 is 0.789 bits per heavy atom. The molecule has 0 fully saturated rings. The average molecular weight is 1640 g/mol. The standard InChI is InChI=1S/C44H29N.C43H32Si.C38H25N/c1-3-13-31(14-4-1)43-36-18-7-9-20-38(36)44(39-21-10-8-19-37(39)43)32-25-23-30(24-26-32)33-27-28-42-40(29-33)35-17-11-12-22-41(35)45(42)34-15-5-2-6-16-34;1-5-17-33(18-6-1)43(41-27-15-13-25-39(41)40-26-14-16-28-42(40)43)34-29-31-38(32-30-34)44(35-19-7-2-8-20-35,36-21-9-3-10-22-36)37-23-11-4-12-24-37;1-2-12-26(13-3-1)37-31-16-4-6-18-33(31)38(34-19-7-5-17-32(34)37)27-22-24-28(25-23-27)39-35-20-10-8-14-29(35)30-15-9-11-21-36(30)39/h1-29H;1-32H;1-25H. The van der Waals surface area contributed by atoms with Crippen LogP contribution in [0.4, 0.5) is 0 Å². The van der Waals surface area contributed by atoms with Gasteiger partial charge in [0, 0.05) is 32.9 Å². The first-order chi connectivity index (χ1) is 63.6. The topological polar surface area (TPSA) is 9.86 Å². The van der Waals surface area contributed by atoms with E-state index < -0.39 is 13.5 Å². The fourth-order valence-electron chi connectivity index (χ4n) is 21.3. The minimum absolute atomic E-state index is 0.399. The molecule has 0 spiro atoms. The van der Waals surface area contributed by atoms with E-state index in [0.717, 1.165) is 0 Å². The van der Waals surface area contributed by atoms with Crippen LogP contribution in [0.1, 0.15) is 22.3 Å². The van der Waals surface area contributed by atoms with Crippen molar-refractivity contribution in [2.45, 2.75) is 5.41 Å². The van der Waals surface area contributed by atoms with Crippen molar-refractivity contribution in [1.82, 2.24) is 9.13 Å². The summed E-state index contributed by atoms with van der Waals surface area (Å²) in [7, 11) is -2.61. The number of para-hydroxylation sites is 4. The van der Waals surface area contributed by atoms with Gasteiger partial charge in [-0.2, -0.15) is 0 Å². The molecule has 128 heavy (non-hydrogen) atoms. The summed E-state index contributed by atoms with van der Waals surface area (Å²) in [4.78, 5) is 0. The minimum atomic E-state index is -2.61. The lowest BCUT2D eigenvalue weighted by Gasteiger charge is -2.36. The lowest BCUT2D eigenvalue weighted by molar-refractivity contribution is 0.769. The first kappa shape index (κ1) is 76.6. The van der Waals surface area contributed by atoms with Crippen molar-refractivity contribution in [2.24, 2.45) is 0 Å². The van der Waals surface area contributed by atoms with E-state index in [2.05, 4.69) is 531 Å². The Hall–Kier alpha value is -16.3. The highest BCUT2D eigenvalue weighted by Crippen LogP contribution is 2.56. The third kappa shape index (κ3) is 12.8. The summed E-state index contributed by atoms with van der Waals surface area (Å²) in [5, 5.41) is 20.9. The molecule has 1 aliphatic rings. The zero-order chi connectivity index (χ0) is 84.9. The van der Waals surface area contributed by atoms with E-state index in [1.807, 2.05) is 0 Å².